The first kappa shape index (κ1) is 11.6. The molecule has 0 amide bonds. The Morgan fingerprint density at radius 1 is 1.12 bits per heavy atom. The third-order valence-corrected chi connectivity index (χ3v) is 1.54. The van der Waals surface area contributed by atoms with Crippen LogP contribution < -0.4 is 5.43 Å². The maximum absolute atomic E-state index is 12.6. The highest BCUT2D eigenvalue weighted by atomic mass is 19.1. The van der Waals surface area contributed by atoms with Crippen molar-refractivity contribution in [3.63, 3.8) is 0 Å². The summed E-state index contributed by atoms with van der Waals surface area (Å²) >= 11 is 0. The van der Waals surface area contributed by atoms with Crippen LogP contribution in [0.1, 0.15) is 0 Å². The number of nitrogens with zero attached hydrogens (tertiary/aromatic N) is 3. The Morgan fingerprint density at radius 2 is 1.69 bits per heavy atom. The molecule has 0 fully saturated rings. The SMILES string of the molecule is O/N=C\C(/C=N\O)=NNc1ccc(F)cc1. The molecule has 1 rings (SSSR count). The smallest absolute Gasteiger partial charge is 0.126 e. The minimum atomic E-state index is -0.358. The Morgan fingerprint density at radius 3 is 2.19 bits per heavy atom. The van der Waals surface area contributed by atoms with Gasteiger partial charge in [0.2, 0.25) is 0 Å². The lowest BCUT2D eigenvalue weighted by atomic mass is 10.3. The Balaban J connectivity index is 2.72. The van der Waals surface area contributed by atoms with Crippen LogP contribution in [0.15, 0.2) is 39.7 Å². The van der Waals surface area contributed by atoms with Gasteiger partial charge in [0.25, 0.3) is 0 Å². The molecule has 1 aromatic rings. The van der Waals surface area contributed by atoms with Crippen LogP contribution in [-0.4, -0.2) is 28.6 Å². The Kier molecular flexibility index (Phi) is 4.45. The molecule has 16 heavy (non-hydrogen) atoms. The number of hydrazone groups is 1. The number of anilines is 1. The van der Waals surface area contributed by atoms with Crippen LogP contribution in [0.25, 0.3) is 0 Å². The van der Waals surface area contributed by atoms with Gasteiger partial charge in [0.05, 0.1) is 18.1 Å². The van der Waals surface area contributed by atoms with Crippen LogP contribution in [-0.2, 0) is 0 Å². The van der Waals surface area contributed by atoms with Crippen molar-refractivity contribution in [1.29, 1.82) is 0 Å². The number of oxime groups is 2. The van der Waals surface area contributed by atoms with Crippen molar-refractivity contribution in [2.45, 2.75) is 0 Å². The van der Waals surface area contributed by atoms with Crippen molar-refractivity contribution in [3.8, 4) is 0 Å². The van der Waals surface area contributed by atoms with E-state index in [-0.39, 0.29) is 11.5 Å². The first-order chi connectivity index (χ1) is 7.76. The van der Waals surface area contributed by atoms with Gasteiger partial charge in [-0.3, -0.25) is 5.43 Å². The molecule has 0 atom stereocenters. The van der Waals surface area contributed by atoms with Gasteiger partial charge in [0, 0.05) is 0 Å². The van der Waals surface area contributed by atoms with Crippen molar-refractivity contribution in [3.05, 3.63) is 30.1 Å². The van der Waals surface area contributed by atoms with Gasteiger partial charge in [-0.05, 0) is 24.3 Å². The van der Waals surface area contributed by atoms with E-state index in [1.54, 1.807) is 0 Å². The second-order valence-electron chi connectivity index (χ2n) is 2.64. The standard InChI is InChI=1S/C9H9FN4O2/c10-7-1-3-8(4-2-7)13-14-9(5-11-15)6-12-16/h1-6,13,15-16H/b11-5-,12-6-. The summed E-state index contributed by atoms with van der Waals surface area (Å²) in [5.74, 6) is -0.358. The number of rotatable bonds is 4. The van der Waals surface area contributed by atoms with Gasteiger partial charge < -0.3 is 10.4 Å². The van der Waals surface area contributed by atoms with E-state index in [0.717, 1.165) is 12.4 Å². The third-order valence-electron chi connectivity index (χ3n) is 1.54. The zero-order valence-electron chi connectivity index (χ0n) is 8.08. The lowest BCUT2D eigenvalue weighted by molar-refractivity contribution is 0.321. The Hall–Kier alpha value is -2.44. The molecule has 0 saturated carbocycles. The van der Waals surface area contributed by atoms with Gasteiger partial charge in [-0.15, -0.1) is 0 Å². The molecule has 84 valence electrons. The summed E-state index contributed by atoms with van der Waals surface area (Å²) < 4.78 is 12.6. The summed E-state index contributed by atoms with van der Waals surface area (Å²) in [5.41, 5.74) is 3.19. The molecule has 0 aliphatic rings. The quantitative estimate of drug-likeness (QED) is 0.411. The van der Waals surface area contributed by atoms with E-state index in [1.807, 2.05) is 0 Å². The zero-order valence-corrected chi connectivity index (χ0v) is 8.08. The second kappa shape index (κ2) is 6.12. The molecule has 0 spiro atoms. The molecule has 0 aliphatic heterocycles. The molecule has 0 unspecified atom stereocenters. The van der Waals surface area contributed by atoms with Gasteiger partial charge in [0.1, 0.15) is 11.5 Å². The van der Waals surface area contributed by atoms with Gasteiger partial charge >= 0.3 is 0 Å². The molecule has 0 aliphatic carbocycles. The van der Waals surface area contributed by atoms with E-state index in [9.17, 15) is 4.39 Å². The lowest BCUT2D eigenvalue weighted by Gasteiger charge is -1.99. The van der Waals surface area contributed by atoms with Gasteiger partial charge in [-0.1, -0.05) is 10.3 Å². The lowest BCUT2D eigenvalue weighted by Crippen LogP contribution is -2.05. The minimum absolute atomic E-state index is 0.0920. The molecular weight excluding hydrogens is 215 g/mol. The van der Waals surface area contributed by atoms with Gasteiger partial charge in [-0.2, -0.15) is 5.10 Å². The number of hydrogen-bond acceptors (Lipinski definition) is 6. The minimum Gasteiger partial charge on any atom is -0.411 e. The maximum atomic E-state index is 12.6. The second-order valence-corrected chi connectivity index (χ2v) is 2.64. The predicted molar refractivity (Wildman–Crippen MR) is 58.0 cm³/mol. The highest BCUT2D eigenvalue weighted by Gasteiger charge is 1.93. The largest absolute Gasteiger partial charge is 0.411 e. The highest BCUT2D eigenvalue weighted by Crippen LogP contribution is 2.07. The normalized spacial score (nSPS) is 10.8. The van der Waals surface area contributed by atoms with E-state index < -0.39 is 0 Å². The van der Waals surface area contributed by atoms with E-state index >= 15 is 0 Å². The third kappa shape index (κ3) is 3.74. The van der Waals surface area contributed by atoms with E-state index in [2.05, 4.69) is 20.8 Å². The van der Waals surface area contributed by atoms with Crippen molar-refractivity contribution in [2.75, 3.05) is 5.43 Å². The molecular formula is C9H9FN4O2. The molecule has 1 aromatic carbocycles. The molecule has 0 bridgehead atoms. The molecule has 0 heterocycles. The van der Waals surface area contributed by atoms with Crippen LogP contribution >= 0.6 is 0 Å². The summed E-state index contributed by atoms with van der Waals surface area (Å²) in [6.07, 6.45) is 1.94. The van der Waals surface area contributed by atoms with E-state index in [1.165, 1.54) is 24.3 Å². The first-order valence-electron chi connectivity index (χ1n) is 4.20. The fraction of sp³-hybridized carbons (Fsp3) is 0. The average molecular weight is 224 g/mol. The Bertz CT molecular complexity index is 400. The zero-order chi connectivity index (χ0) is 11.8. The fourth-order valence-corrected chi connectivity index (χ4v) is 0.863. The Labute approximate surface area is 90.4 Å². The predicted octanol–water partition coefficient (Wildman–Crippen LogP) is 1.51. The molecule has 0 aromatic heterocycles. The van der Waals surface area contributed by atoms with Crippen molar-refractivity contribution in [2.24, 2.45) is 15.4 Å². The van der Waals surface area contributed by atoms with E-state index in [0.29, 0.717) is 5.69 Å². The number of halogens is 1. The van der Waals surface area contributed by atoms with Gasteiger partial charge in [0.15, 0.2) is 0 Å². The highest BCUT2D eigenvalue weighted by molar-refractivity contribution is 6.55. The summed E-state index contributed by atoms with van der Waals surface area (Å²) in [5, 5.41) is 25.7. The van der Waals surface area contributed by atoms with Crippen LogP contribution in [0.4, 0.5) is 10.1 Å². The van der Waals surface area contributed by atoms with Crippen molar-refractivity contribution >= 4 is 23.8 Å². The molecule has 7 heteroatoms. The molecule has 6 nitrogen and oxygen atoms in total. The molecule has 0 radical (unpaired) electrons. The topological polar surface area (TPSA) is 89.6 Å². The van der Waals surface area contributed by atoms with Crippen LogP contribution in [0.2, 0.25) is 0 Å². The summed E-state index contributed by atoms with van der Waals surface area (Å²) in [4.78, 5) is 0. The van der Waals surface area contributed by atoms with E-state index in [4.69, 9.17) is 10.4 Å². The van der Waals surface area contributed by atoms with Crippen LogP contribution in [0.3, 0.4) is 0 Å². The summed E-state index contributed by atoms with van der Waals surface area (Å²) in [6.45, 7) is 0. The fourth-order valence-electron chi connectivity index (χ4n) is 0.863. The monoisotopic (exact) mass is 224 g/mol. The van der Waals surface area contributed by atoms with Crippen molar-refractivity contribution < 1.29 is 14.8 Å². The maximum Gasteiger partial charge on any atom is 0.126 e. The number of nitrogens with one attached hydrogen (secondary N) is 1. The summed E-state index contributed by atoms with van der Waals surface area (Å²) in [7, 11) is 0. The van der Waals surface area contributed by atoms with Gasteiger partial charge in [-0.25, -0.2) is 4.39 Å². The summed E-state index contributed by atoms with van der Waals surface area (Å²) in [6, 6.07) is 5.47. The molecule has 3 N–H and O–H groups in total. The number of hydrogen-bond donors (Lipinski definition) is 3. The average Bonchev–Trinajstić information content (AvgIpc) is 2.29. The van der Waals surface area contributed by atoms with Crippen LogP contribution in [0, 0.1) is 5.82 Å². The first-order valence-corrected chi connectivity index (χ1v) is 4.20. The molecule has 0 saturated heterocycles. The van der Waals surface area contributed by atoms with Crippen LogP contribution in [0.5, 0.6) is 0 Å². The number of benzene rings is 1. The van der Waals surface area contributed by atoms with Crippen molar-refractivity contribution in [1.82, 2.24) is 0 Å².